The highest BCUT2D eigenvalue weighted by atomic mass is 35.5. The number of benzene rings is 2. The van der Waals surface area contributed by atoms with Crippen molar-refractivity contribution in [1.29, 1.82) is 0 Å². The summed E-state index contributed by atoms with van der Waals surface area (Å²) in [6.07, 6.45) is -0.512. The zero-order valence-electron chi connectivity index (χ0n) is 9.71. The van der Waals surface area contributed by atoms with Crippen molar-refractivity contribution in [3.8, 4) is 0 Å². The zero-order chi connectivity index (χ0) is 14.0. The molecule has 2 aromatic carbocycles. The molecular weight excluding hydrogens is 310 g/mol. The van der Waals surface area contributed by atoms with Gasteiger partial charge < -0.3 is 5.11 Å². The Balaban J connectivity index is 2.17. The fourth-order valence-corrected chi connectivity index (χ4v) is 2.17. The quantitative estimate of drug-likeness (QED) is 0.838. The summed E-state index contributed by atoms with van der Waals surface area (Å²) in [6, 6.07) is 9.35. The number of aliphatic hydroxyl groups excluding tert-OH is 1. The molecule has 19 heavy (non-hydrogen) atoms. The molecule has 0 heterocycles. The van der Waals surface area contributed by atoms with Gasteiger partial charge in [0.1, 0.15) is 5.82 Å². The number of halogens is 4. The van der Waals surface area contributed by atoms with E-state index in [1.165, 1.54) is 12.1 Å². The first kappa shape index (κ1) is 14.6. The number of hydrogen-bond donors (Lipinski definition) is 1. The standard InChI is InChI=1S/C14H10Cl3FO/c15-10-3-1-8(5-12(10)17)6-14(19)9-2-4-11(16)13(18)7-9/h1-5,7,14,19H,6H2. The van der Waals surface area contributed by atoms with Crippen LogP contribution in [-0.2, 0) is 6.42 Å². The van der Waals surface area contributed by atoms with Crippen molar-refractivity contribution in [2.24, 2.45) is 0 Å². The minimum absolute atomic E-state index is 0.0329. The lowest BCUT2D eigenvalue weighted by Crippen LogP contribution is -2.02. The molecule has 1 N–H and O–H groups in total. The molecule has 0 aliphatic heterocycles. The Morgan fingerprint density at radius 1 is 0.947 bits per heavy atom. The molecule has 2 aromatic rings. The van der Waals surface area contributed by atoms with Crippen molar-refractivity contribution in [3.63, 3.8) is 0 Å². The van der Waals surface area contributed by atoms with Gasteiger partial charge in [-0.3, -0.25) is 0 Å². The molecule has 0 saturated heterocycles. The van der Waals surface area contributed by atoms with Gasteiger partial charge in [-0.05, 0) is 35.4 Å². The first-order valence-electron chi connectivity index (χ1n) is 5.54. The highest BCUT2D eigenvalue weighted by molar-refractivity contribution is 6.42. The molecule has 100 valence electrons. The van der Waals surface area contributed by atoms with Crippen LogP contribution in [-0.4, -0.2) is 5.11 Å². The molecule has 0 amide bonds. The predicted octanol–water partition coefficient (Wildman–Crippen LogP) is 5.06. The van der Waals surface area contributed by atoms with Gasteiger partial charge in [0.15, 0.2) is 0 Å². The summed E-state index contributed by atoms with van der Waals surface area (Å²) in [4.78, 5) is 0. The summed E-state index contributed by atoms with van der Waals surface area (Å²) in [5.74, 6) is -0.549. The van der Waals surface area contributed by atoms with Gasteiger partial charge in [0.25, 0.3) is 0 Å². The third kappa shape index (κ3) is 3.61. The molecule has 1 nitrogen and oxygen atoms in total. The van der Waals surface area contributed by atoms with Crippen LogP contribution in [0.1, 0.15) is 17.2 Å². The van der Waals surface area contributed by atoms with E-state index in [0.717, 1.165) is 5.56 Å². The summed E-state index contributed by atoms with van der Waals surface area (Å²) >= 11 is 17.3. The molecule has 5 heteroatoms. The van der Waals surface area contributed by atoms with Crippen LogP contribution < -0.4 is 0 Å². The maximum Gasteiger partial charge on any atom is 0.142 e. The maximum atomic E-state index is 13.3. The van der Waals surface area contributed by atoms with Gasteiger partial charge in [0, 0.05) is 6.42 Å². The van der Waals surface area contributed by atoms with E-state index >= 15 is 0 Å². The van der Waals surface area contributed by atoms with Crippen LogP contribution in [0.2, 0.25) is 15.1 Å². The van der Waals surface area contributed by atoms with Crippen LogP contribution in [0.25, 0.3) is 0 Å². The molecule has 0 saturated carbocycles. The summed E-state index contributed by atoms with van der Waals surface area (Å²) in [7, 11) is 0. The molecule has 0 radical (unpaired) electrons. The van der Waals surface area contributed by atoms with E-state index in [2.05, 4.69) is 0 Å². The van der Waals surface area contributed by atoms with Crippen molar-refractivity contribution in [1.82, 2.24) is 0 Å². The molecule has 1 unspecified atom stereocenters. The molecule has 2 rings (SSSR count). The van der Waals surface area contributed by atoms with E-state index in [4.69, 9.17) is 34.8 Å². The highest BCUT2D eigenvalue weighted by Gasteiger charge is 2.12. The van der Waals surface area contributed by atoms with Crippen molar-refractivity contribution < 1.29 is 9.50 Å². The minimum atomic E-state index is -0.830. The van der Waals surface area contributed by atoms with Crippen molar-refractivity contribution in [3.05, 3.63) is 68.4 Å². The lowest BCUT2D eigenvalue weighted by Gasteiger charge is -2.12. The average Bonchev–Trinajstić information content (AvgIpc) is 2.37. The van der Waals surface area contributed by atoms with Gasteiger partial charge in [0.05, 0.1) is 21.2 Å². The van der Waals surface area contributed by atoms with Gasteiger partial charge in [-0.2, -0.15) is 0 Å². The third-order valence-corrected chi connectivity index (χ3v) is 3.79. The fraction of sp³-hybridized carbons (Fsp3) is 0.143. The number of rotatable bonds is 3. The molecular formula is C14H10Cl3FO. The summed E-state index contributed by atoms with van der Waals surface area (Å²) in [6.45, 7) is 0. The lowest BCUT2D eigenvalue weighted by molar-refractivity contribution is 0.178. The first-order chi connectivity index (χ1) is 8.97. The Hall–Kier alpha value is -0.800. The average molecular weight is 320 g/mol. The van der Waals surface area contributed by atoms with E-state index in [1.54, 1.807) is 24.3 Å². The Kier molecular flexibility index (Phi) is 4.69. The van der Waals surface area contributed by atoms with Crippen LogP contribution in [0.15, 0.2) is 36.4 Å². The maximum absolute atomic E-state index is 13.3. The van der Waals surface area contributed by atoms with E-state index < -0.39 is 11.9 Å². The van der Waals surface area contributed by atoms with Crippen LogP contribution in [0.4, 0.5) is 4.39 Å². The second-order valence-electron chi connectivity index (χ2n) is 4.14. The van der Waals surface area contributed by atoms with E-state index in [9.17, 15) is 9.50 Å². The lowest BCUT2D eigenvalue weighted by atomic mass is 10.0. The highest BCUT2D eigenvalue weighted by Crippen LogP contribution is 2.27. The Morgan fingerprint density at radius 2 is 1.63 bits per heavy atom. The van der Waals surface area contributed by atoms with Crippen LogP contribution in [0.5, 0.6) is 0 Å². The summed E-state index contributed by atoms with van der Waals surface area (Å²) < 4.78 is 13.3. The van der Waals surface area contributed by atoms with E-state index in [1.807, 2.05) is 0 Å². The predicted molar refractivity (Wildman–Crippen MR) is 76.5 cm³/mol. The second-order valence-corrected chi connectivity index (χ2v) is 5.36. The largest absolute Gasteiger partial charge is 0.388 e. The van der Waals surface area contributed by atoms with Gasteiger partial charge in [0.2, 0.25) is 0 Å². The third-order valence-electron chi connectivity index (χ3n) is 2.74. The van der Waals surface area contributed by atoms with Crippen LogP contribution >= 0.6 is 34.8 Å². The molecule has 0 fully saturated rings. The normalized spacial score (nSPS) is 12.5. The molecule has 0 aromatic heterocycles. The van der Waals surface area contributed by atoms with Crippen molar-refractivity contribution in [2.45, 2.75) is 12.5 Å². The van der Waals surface area contributed by atoms with Gasteiger partial charge in [-0.1, -0.05) is 46.9 Å². The molecule has 0 aliphatic rings. The minimum Gasteiger partial charge on any atom is -0.388 e. The monoisotopic (exact) mass is 318 g/mol. The molecule has 1 atom stereocenters. The van der Waals surface area contributed by atoms with Crippen molar-refractivity contribution in [2.75, 3.05) is 0 Å². The molecule has 0 bridgehead atoms. The van der Waals surface area contributed by atoms with E-state index in [-0.39, 0.29) is 5.02 Å². The fourth-order valence-electron chi connectivity index (χ4n) is 1.73. The summed E-state index contributed by atoms with van der Waals surface area (Å²) in [5, 5.41) is 11.0. The Labute approximate surface area is 125 Å². The SMILES string of the molecule is OC(Cc1ccc(Cl)c(Cl)c1)c1ccc(Cl)c(F)c1. The van der Waals surface area contributed by atoms with E-state index in [0.29, 0.717) is 22.0 Å². The number of hydrogen-bond acceptors (Lipinski definition) is 1. The van der Waals surface area contributed by atoms with Gasteiger partial charge in [-0.15, -0.1) is 0 Å². The second kappa shape index (κ2) is 6.10. The Bertz CT molecular complexity index is 601. The van der Waals surface area contributed by atoms with Crippen molar-refractivity contribution >= 4 is 34.8 Å². The zero-order valence-corrected chi connectivity index (χ0v) is 12.0. The topological polar surface area (TPSA) is 20.2 Å². The van der Waals surface area contributed by atoms with Gasteiger partial charge >= 0.3 is 0 Å². The number of aliphatic hydroxyl groups is 1. The molecule has 0 spiro atoms. The molecule has 0 aliphatic carbocycles. The first-order valence-corrected chi connectivity index (χ1v) is 6.67. The smallest absolute Gasteiger partial charge is 0.142 e. The summed E-state index contributed by atoms with van der Waals surface area (Å²) in [5.41, 5.74) is 1.28. The van der Waals surface area contributed by atoms with Gasteiger partial charge in [-0.25, -0.2) is 4.39 Å². The van der Waals surface area contributed by atoms with Crippen LogP contribution in [0.3, 0.4) is 0 Å². The Morgan fingerprint density at radius 3 is 2.26 bits per heavy atom. The van der Waals surface area contributed by atoms with Crippen LogP contribution in [0, 0.1) is 5.82 Å².